The van der Waals surface area contributed by atoms with E-state index in [4.69, 9.17) is 52.1 Å². The third-order valence-corrected chi connectivity index (χ3v) is 5.57. The summed E-state index contributed by atoms with van der Waals surface area (Å²) in [5.74, 6) is 0. The smallest absolute Gasteiger partial charge is 0.0701 e. The summed E-state index contributed by atoms with van der Waals surface area (Å²) in [6.45, 7) is 16.9. The maximum absolute atomic E-state index is 5.58. The SMILES string of the molecule is CCCCCCCCOCCOCCOCCOCCOCCOCCOCCOCCOCCOCCOCC. The van der Waals surface area contributed by atoms with Gasteiger partial charge in [-0.05, 0) is 13.3 Å². The highest BCUT2D eigenvalue weighted by atomic mass is 16.6. The van der Waals surface area contributed by atoms with E-state index in [1.54, 1.807) is 0 Å². The molecule has 0 atom stereocenters. The maximum atomic E-state index is 5.58. The van der Waals surface area contributed by atoms with Gasteiger partial charge in [0.25, 0.3) is 0 Å². The Bertz CT molecular complexity index is 409. The Hall–Kier alpha value is -0.440. The lowest BCUT2D eigenvalue weighted by Gasteiger charge is -2.09. The van der Waals surface area contributed by atoms with E-state index in [-0.39, 0.29) is 0 Å². The molecule has 0 unspecified atom stereocenters. The van der Waals surface area contributed by atoms with E-state index in [2.05, 4.69) is 6.92 Å². The third kappa shape index (κ3) is 39.6. The zero-order chi connectivity index (χ0) is 29.6. The fourth-order valence-corrected chi connectivity index (χ4v) is 3.33. The van der Waals surface area contributed by atoms with E-state index in [0.29, 0.717) is 139 Å². The Kier molecular flexibility index (Phi) is 39.1. The van der Waals surface area contributed by atoms with Crippen LogP contribution in [0.25, 0.3) is 0 Å². The normalized spacial score (nSPS) is 11.6. The first-order valence-corrected chi connectivity index (χ1v) is 15.8. The van der Waals surface area contributed by atoms with Gasteiger partial charge in [0.15, 0.2) is 0 Å². The van der Waals surface area contributed by atoms with Crippen molar-refractivity contribution in [3.8, 4) is 0 Å². The second-order valence-electron chi connectivity index (χ2n) is 9.09. The first-order chi connectivity index (χ1) is 20.4. The molecule has 0 saturated carbocycles. The molecule has 0 amide bonds. The molecule has 0 bridgehead atoms. The van der Waals surface area contributed by atoms with Crippen molar-refractivity contribution in [3.63, 3.8) is 0 Å². The molecule has 0 N–H and O–H groups in total. The van der Waals surface area contributed by atoms with Crippen LogP contribution in [0.5, 0.6) is 0 Å². The van der Waals surface area contributed by atoms with Crippen molar-refractivity contribution in [1.29, 1.82) is 0 Å². The predicted octanol–water partition coefficient (Wildman–Crippen LogP) is 3.55. The van der Waals surface area contributed by atoms with Crippen molar-refractivity contribution in [2.45, 2.75) is 52.4 Å². The van der Waals surface area contributed by atoms with E-state index in [1.165, 1.54) is 32.1 Å². The van der Waals surface area contributed by atoms with Gasteiger partial charge in [-0.15, -0.1) is 0 Å². The summed E-state index contributed by atoms with van der Waals surface area (Å²) in [5.41, 5.74) is 0. The Morgan fingerprint density at radius 2 is 0.439 bits per heavy atom. The molecule has 0 aromatic carbocycles. The summed E-state index contributed by atoms with van der Waals surface area (Å²) in [7, 11) is 0. The lowest BCUT2D eigenvalue weighted by Crippen LogP contribution is -2.15. The van der Waals surface area contributed by atoms with Crippen LogP contribution in [0.2, 0.25) is 0 Å². The van der Waals surface area contributed by atoms with Crippen molar-refractivity contribution in [2.24, 2.45) is 0 Å². The molecule has 248 valence electrons. The number of hydrogen-bond acceptors (Lipinski definition) is 11. The Balaban J connectivity index is 3.02. The van der Waals surface area contributed by atoms with Crippen LogP contribution in [0, 0.1) is 0 Å². The predicted molar refractivity (Wildman–Crippen MR) is 158 cm³/mol. The van der Waals surface area contributed by atoms with Crippen molar-refractivity contribution < 1.29 is 52.1 Å². The number of rotatable bonds is 38. The highest BCUT2D eigenvalue weighted by Crippen LogP contribution is 2.04. The quantitative estimate of drug-likeness (QED) is 0.0976. The van der Waals surface area contributed by atoms with Crippen LogP contribution in [-0.4, -0.2) is 145 Å². The molecule has 0 rings (SSSR count). The molecule has 0 spiro atoms. The zero-order valence-electron chi connectivity index (χ0n) is 26.3. The van der Waals surface area contributed by atoms with Crippen molar-refractivity contribution >= 4 is 0 Å². The molecule has 11 nitrogen and oxygen atoms in total. The van der Waals surface area contributed by atoms with Crippen LogP contribution in [0.4, 0.5) is 0 Å². The van der Waals surface area contributed by atoms with Gasteiger partial charge in [0.05, 0.1) is 132 Å². The van der Waals surface area contributed by atoms with E-state index in [1.807, 2.05) is 6.92 Å². The molecule has 0 aliphatic rings. The molecule has 0 aliphatic heterocycles. The second-order valence-corrected chi connectivity index (χ2v) is 9.09. The topological polar surface area (TPSA) is 102 Å². The number of hydrogen-bond donors (Lipinski definition) is 0. The molecule has 0 saturated heterocycles. The van der Waals surface area contributed by atoms with Crippen molar-refractivity contribution in [1.82, 2.24) is 0 Å². The molecule has 0 aromatic rings. The van der Waals surface area contributed by atoms with E-state index in [9.17, 15) is 0 Å². The van der Waals surface area contributed by atoms with Gasteiger partial charge < -0.3 is 52.1 Å². The van der Waals surface area contributed by atoms with Gasteiger partial charge >= 0.3 is 0 Å². The highest BCUT2D eigenvalue weighted by Gasteiger charge is 1.96. The van der Waals surface area contributed by atoms with Crippen LogP contribution >= 0.6 is 0 Å². The summed E-state index contributed by atoms with van der Waals surface area (Å²) in [6, 6.07) is 0. The van der Waals surface area contributed by atoms with Gasteiger partial charge in [-0.3, -0.25) is 0 Å². The van der Waals surface area contributed by atoms with Crippen molar-refractivity contribution in [3.05, 3.63) is 0 Å². The average Bonchev–Trinajstić information content (AvgIpc) is 2.98. The Morgan fingerprint density at radius 1 is 0.220 bits per heavy atom. The van der Waals surface area contributed by atoms with Gasteiger partial charge in [-0.2, -0.15) is 0 Å². The fourth-order valence-electron chi connectivity index (χ4n) is 3.33. The lowest BCUT2D eigenvalue weighted by atomic mass is 10.1. The molecule has 0 fully saturated rings. The number of unbranched alkanes of at least 4 members (excludes halogenated alkanes) is 5. The first-order valence-electron chi connectivity index (χ1n) is 15.8. The van der Waals surface area contributed by atoms with Gasteiger partial charge in [0.1, 0.15) is 0 Å². The van der Waals surface area contributed by atoms with E-state index in [0.717, 1.165) is 13.0 Å². The standard InChI is InChI=1S/C30H62O11/c1-3-5-6-7-8-9-10-32-13-14-34-17-18-36-21-22-38-25-26-40-29-30-41-28-27-39-24-23-37-20-19-35-16-15-33-12-11-31-4-2/h3-30H2,1-2H3. The van der Waals surface area contributed by atoms with Crippen LogP contribution in [-0.2, 0) is 52.1 Å². The van der Waals surface area contributed by atoms with Crippen LogP contribution < -0.4 is 0 Å². The number of ether oxygens (including phenoxy) is 11. The van der Waals surface area contributed by atoms with Gasteiger partial charge in [-0.25, -0.2) is 0 Å². The summed E-state index contributed by atoms with van der Waals surface area (Å²) in [4.78, 5) is 0. The first kappa shape index (κ1) is 40.6. The summed E-state index contributed by atoms with van der Waals surface area (Å²) in [6.07, 6.45) is 7.70. The minimum absolute atomic E-state index is 0.527. The van der Waals surface area contributed by atoms with Crippen molar-refractivity contribution in [2.75, 3.05) is 145 Å². The van der Waals surface area contributed by atoms with Gasteiger partial charge in [0, 0.05) is 13.2 Å². The highest BCUT2D eigenvalue weighted by molar-refractivity contribution is 4.44. The lowest BCUT2D eigenvalue weighted by molar-refractivity contribution is -0.0274. The summed E-state index contributed by atoms with van der Waals surface area (Å²) < 4.78 is 59.9. The molecule has 0 heterocycles. The van der Waals surface area contributed by atoms with Crippen LogP contribution in [0.15, 0.2) is 0 Å². The second kappa shape index (κ2) is 39.6. The molecular weight excluding hydrogens is 536 g/mol. The molecule has 0 radical (unpaired) electrons. The third-order valence-electron chi connectivity index (χ3n) is 5.57. The minimum atomic E-state index is 0.527. The Morgan fingerprint density at radius 3 is 0.707 bits per heavy atom. The summed E-state index contributed by atoms with van der Waals surface area (Å²) in [5, 5.41) is 0. The van der Waals surface area contributed by atoms with E-state index < -0.39 is 0 Å². The monoisotopic (exact) mass is 598 g/mol. The minimum Gasteiger partial charge on any atom is -0.379 e. The fraction of sp³-hybridized carbons (Fsp3) is 1.00. The van der Waals surface area contributed by atoms with Crippen LogP contribution in [0.3, 0.4) is 0 Å². The van der Waals surface area contributed by atoms with Crippen LogP contribution in [0.1, 0.15) is 52.4 Å². The molecular formula is C30H62O11. The molecule has 0 aromatic heterocycles. The molecule has 41 heavy (non-hydrogen) atoms. The summed E-state index contributed by atoms with van der Waals surface area (Å²) >= 11 is 0. The zero-order valence-corrected chi connectivity index (χ0v) is 26.3. The van der Waals surface area contributed by atoms with Gasteiger partial charge in [-0.1, -0.05) is 39.0 Å². The molecule has 11 heteroatoms. The maximum Gasteiger partial charge on any atom is 0.0701 e. The Labute approximate surface area is 250 Å². The van der Waals surface area contributed by atoms with Gasteiger partial charge in [0.2, 0.25) is 0 Å². The average molecular weight is 599 g/mol. The largest absolute Gasteiger partial charge is 0.379 e. The van der Waals surface area contributed by atoms with E-state index >= 15 is 0 Å². The molecule has 0 aliphatic carbocycles.